The monoisotopic (exact) mass is 202 g/mol. The fourth-order valence-electron chi connectivity index (χ4n) is 0.756. The quantitative estimate of drug-likeness (QED) is 0.511. The van der Waals surface area contributed by atoms with E-state index in [2.05, 4.69) is 5.32 Å². The highest BCUT2D eigenvalue weighted by atomic mass is 19.4. The highest BCUT2D eigenvalue weighted by molar-refractivity contribution is 4.58. The summed E-state index contributed by atoms with van der Waals surface area (Å²) in [6.07, 6.45) is -4.17. The second-order valence-electron chi connectivity index (χ2n) is 2.78. The van der Waals surface area contributed by atoms with Crippen LogP contribution in [0.25, 0.3) is 0 Å². The number of likely N-dealkylation sites (N-methyl/N-ethyl adjacent to an activating group) is 1. The number of halogens is 4. The fourth-order valence-corrected chi connectivity index (χ4v) is 0.756. The summed E-state index contributed by atoms with van der Waals surface area (Å²) in [5.41, 5.74) is 0. The minimum Gasteiger partial charge on any atom is -0.307 e. The van der Waals surface area contributed by atoms with E-state index in [1.807, 2.05) is 0 Å². The molecule has 2 nitrogen and oxygen atoms in total. The number of nitrogens with zero attached hydrogens (tertiary/aromatic N) is 1. The van der Waals surface area contributed by atoms with Crippen molar-refractivity contribution >= 4 is 0 Å². The van der Waals surface area contributed by atoms with Gasteiger partial charge in [0, 0.05) is 19.6 Å². The molecule has 0 aliphatic carbocycles. The summed E-state index contributed by atoms with van der Waals surface area (Å²) in [6.45, 7) is -0.573. The molecule has 0 aliphatic rings. The SMILES string of the molecule is CN(CCF)CCNCC(F)(F)F. The maximum atomic E-state index is 11.7. The van der Waals surface area contributed by atoms with E-state index in [4.69, 9.17) is 0 Å². The Balaban J connectivity index is 3.25. The van der Waals surface area contributed by atoms with Gasteiger partial charge < -0.3 is 10.2 Å². The topological polar surface area (TPSA) is 15.3 Å². The summed E-state index contributed by atoms with van der Waals surface area (Å²) in [6, 6.07) is 0. The van der Waals surface area contributed by atoms with Crippen molar-refractivity contribution < 1.29 is 17.6 Å². The normalized spacial score (nSPS) is 12.5. The average Bonchev–Trinajstić information content (AvgIpc) is 1.97. The van der Waals surface area contributed by atoms with Crippen molar-refractivity contribution in [2.24, 2.45) is 0 Å². The molecule has 0 spiro atoms. The largest absolute Gasteiger partial charge is 0.401 e. The van der Waals surface area contributed by atoms with Crippen LogP contribution in [-0.2, 0) is 0 Å². The lowest BCUT2D eigenvalue weighted by atomic mass is 10.5. The Kier molecular flexibility index (Phi) is 5.98. The van der Waals surface area contributed by atoms with E-state index in [1.165, 1.54) is 0 Å². The third-order valence-corrected chi connectivity index (χ3v) is 1.46. The lowest BCUT2D eigenvalue weighted by Gasteiger charge is -2.15. The zero-order chi connectivity index (χ0) is 10.3. The lowest BCUT2D eigenvalue weighted by molar-refractivity contribution is -0.124. The van der Waals surface area contributed by atoms with Crippen molar-refractivity contribution in [3.8, 4) is 0 Å². The van der Waals surface area contributed by atoms with Crippen molar-refractivity contribution in [1.29, 1.82) is 0 Å². The van der Waals surface area contributed by atoms with Crippen LogP contribution in [0.3, 0.4) is 0 Å². The minimum absolute atomic E-state index is 0.218. The van der Waals surface area contributed by atoms with Crippen LogP contribution < -0.4 is 5.32 Å². The van der Waals surface area contributed by atoms with Gasteiger partial charge in [-0.1, -0.05) is 0 Å². The molecule has 0 aromatic heterocycles. The van der Waals surface area contributed by atoms with Gasteiger partial charge in [0.05, 0.1) is 6.54 Å². The molecule has 0 aromatic carbocycles. The number of hydrogen-bond donors (Lipinski definition) is 1. The standard InChI is InChI=1S/C7H14F4N2/c1-13(4-2-8)5-3-12-6-7(9,10)11/h12H,2-6H2,1H3. The Labute approximate surface area is 74.9 Å². The number of alkyl halides is 4. The molecule has 0 fully saturated rings. The zero-order valence-corrected chi connectivity index (χ0v) is 7.49. The van der Waals surface area contributed by atoms with Crippen LogP contribution in [0.2, 0.25) is 0 Å². The van der Waals surface area contributed by atoms with Crippen LogP contribution in [-0.4, -0.2) is 51.0 Å². The van der Waals surface area contributed by atoms with E-state index < -0.39 is 19.4 Å². The molecule has 0 aromatic rings. The second-order valence-corrected chi connectivity index (χ2v) is 2.78. The molecular formula is C7H14F4N2. The molecule has 0 unspecified atom stereocenters. The van der Waals surface area contributed by atoms with Crippen LogP contribution >= 0.6 is 0 Å². The van der Waals surface area contributed by atoms with E-state index in [1.54, 1.807) is 11.9 Å². The van der Waals surface area contributed by atoms with Gasteiger partial charge in [-0.3, -0.25) is 0 Å². The van der Waals surface area contributed by atoms with Gasteiger partial charge in [0.25, 0.3) is 0 Å². The number of hydrogen-bond acceptors (Lipinski definition) is 2. The zero-order valence-electron chi connectivity index (χ0n) is 7.49. The van der Waals surface area contributed by atoms with Crippen LogP contribution in [0.1, 0.15) is 0 Å². The van der Waals surface area contributed by atoms with E-state index in [9.17, 15) is 17.6 Å². The average molecular weight is 202 g/mol. The molecule has 0 atom stereocenters. The maximum absolute atomic E-state index is 11.7. The van der Waals surface area contributed by atoms with Crippen molar-refractivity contribution in [3.05, 3.63) is 0 Å². The number of nitrogens with one attached hydrogen (secondary N) is 1. The van der Waals surface area contributed by atoms with Crippen molar-refractivity contribution in [2.45, 2.75) is 6.18 Å². The van der Waals surface area contributed by atoms with Crippen molar-refractivity contribution in [1.82, 2.24) is 10.2 Å². The van der Waals surface area contributed by atoms with E-state index in [0.717, 1.165) is 0 Å². The molecule has 0 amide bonds. The maximum Gasteiger partial charge on any atom is 0.401 e. The van der Waals surface area contributed by atoms with Crippen LogP contribution in [0.5, 0.6) is 0 Å². The Morgan fingerprint density at radius 2 is 1.85 bits per heavy atom. The molecule has 0 aliphatic heterocycles. The molecule has 1 N–H and O–H groups in total. The van der Waals surface area contributed by atoms with Gasteiger partial charge in [-0.15, -0.1) is 0 Å². The van der Waals surface area contributed by atoms with Gasteiger partial charge in [0.2, 0.25) is 0 Å². The van der Waals surface area contributed by atoms with Crippen LogP contribution in [0.15, 0.2) is 0 Å². The summed E-state index contributed by atoms with van der Waals surface area (Å²) >= 11 is 0. The Hall–Kier alpha value is -0.360. The first-order chi connectivity index (χ1) is 5.95. The summed E-state index contributed by atoms with van der Waals surface area (Å²) < 4.78 is 46.5. The third-order valence-electron chi connectivity index (χ3n) is 1.46. The fraction of sp³-hybridized carbons (Fsp3) is 1.00. The highest BCUT2D eigenvalue weighted by Gasteiger charge is 2.25. The Morgan fingerprint density at radius 1 is 1.23 bits per heavy atom. The summed E-state index contributed by atoms with van der Waals surface area (Å²) in [5.74, 6) is 0. The first kappa shape index (κ1) is 12.6. The summed E-state index contributed by atoms with van der Waals surface area (Å²) in [7, 11) is 1.66. The number of rotatable bonds is 6. The first-order valence-corrected chi connectivity index (χ1v) is 3.97. The molecule has 0 bridgehead atoms. The van der Waals surface area contributed by atoms with Gasteiger partial charge in [-0.05, 0) is 7.05 Å². The summed E-state index contributed by atoms with van der Waals surface area (Å²) in [5, 5.41) is 2.23. The predicted molar refractivity (Wildman–Crippen MR) is 42.4 cm³/mol. The van der Waals surface area contributed by atoms with Crippen LogP contribution in [0.4, 0.5) is 17.6 Å². The highest BCUT2D eigenvalue weighted by Crippen LogP contribution is 2.11. The second kappa shape index (κ2) is 6.15. The molecule has 0 saturated heterocycles. The molecule has 80 valence electrons. The first-order valence-electron chi connectivity index (χ1n) is 3.97. The van der Waals surface area contributed by atoms with Crippen LogP contribution in [0, 0.1) is 0 Å². The van der Waals surface area contributed by atoms with Gasteiger partial charge in [-0.2, -0.15) is 13.2 Å². The molecule has 0 rings (SSSR count). The Bertz CT molecular complexity index is 126. The third kappa shape index (κ3) is 9.55. The van der Waals surface area contributed by atoms with Gasteiger partial charge in [0.1, 0.15) is 6.67 Å². The minimum atomic E-state index is -4.17. The molecular weight excluding hydrogens is 188 g/mol. The lowest BCUT2D eigenvalue weighted by Crippen LogP contribution is -2.35. The van der Waals surface area contributed by atoms with Gasteiger partial charge >= 0.3 is 6.18 Å². The van der Waals surface area contributed by atoms with Crippen molar-refractivity contribution in [3.63, 3.8) is 0 Å². The predicted octanol–water partition coefficient (Wildman–Crippen LogP) is 1.04. The molecule has 13 heavy (non-hydrogen) atoms. The van der Waals surface area contributed by atoms with Crippen molar-refractivity contribution in [2.75, 3.05) is 39.9 Å². The van der Waals surface area contributed by atoms with E-state index in [-0.39, 0.29) is 13.1 Å². The molecule has 0 heterocycles. The van der Waals surface area contributed by atoms with Gasteiger partial charge in [0.15, 0.2) is 0 Å². The van der Waals surface area contributed by atoms with Gasteiger partial charge in [-0.25, -0.2) is 4.39 Å². The van der Waals surface area contributed by atoms with E-state index in [0.29, 0.717) is 6.54 Å². The Morgan fingerprint density at radius 3 is 2.31 bits per heavy atom. The molecule has 0 radical (unpaired) electrons. The molecule has 6 heteroatoms. The summed E-state index contributed by atoms with van der Waals surface area (Å²) in [4.78, 5) is 1.63. The molecule has 0 saturated carbocycles. The smallest absolute Gasteiger partial charge is 0.307 e. The van der Waals surface area contributed by atoms with E-state index >= 15 is 0 Å².